The summed E-state index contributed by atoms with van der Waals surface area (Å²) in [5.41, 5.74) is 1.18. The molecule has 0 bridgehead atoms. The molecule has 3 N–H and O–H groups in total. The van der Waals surface area contributed by atoms with Gasteiger partial charge in [0.25, 0.3) is 10.2 Å². The summed E-state index contributed by atoms with van der Waals surface area (Å²) in [5, 5.41) is 3.30. The van der Waals surface area contributed by atoms with E-state index in [0.717, 1.165) is 25.1 Å². The standard InChI is InChI=1S/C14H25N3O2S/c1-5-10-15-11-12-6-8-13(9-7-12)16-20(18,19)17-14(2,3)4/h6-9,15-17H,5,10-11H2,1-4H3. The third-order valence-electron chi connectivity index (χ3n) is 2.40. The van der Waals surface area contributed by atoms with Gasteiger partial charge in [-0.25, -0.2) is 0 Å². The first-order valence-electron chi connectivity index (χ1n) is 6.83. The van der Waals surface area contributed by atoms with Crippen molar-refractivity contribution in [3.8, 4) is 0 Å². The fourth-order valence-electron chi connectivity index (χ4n) is 1.68. The molecule has 0 aliphatic carbocycles. The topological polar surface area (TPSA) is 70.2 Å². The van der Waals surface area contributed by atoms with E-state index in [1.54, 1.807) is 32.9 Å². The summed E-state index contributed by atoms with van der Waals surface area (Å²) >= 11 is 0. The smallest absolute Gasteiger partial charge is 0.299 e. The highest BCUT2D eigenvalue weighted by Gasteiger charge is 2.19. The molecule has 0 atom stereocenters. The Morgan fingerprint density at radius 2 is 1.70 bits per heavy atom. The van der Waals surface area contributed by atoms with Gasteiger partial charge in [-0.05, 0) is 51.4 Å². The van der Waals surface area contributed by atoms with Gasteiger partial charge in [-0.1, -0.05) is 19.1 Å². The van der Waals surface area contributed by atoms with Gasteiger partial charge < -0.3 is 5.32 Å². The van der Waals surface area contributed by atoms with Crippen molar-refractivity contribution in [2.24, 2.45) is 0 Å². The SMILES string of the molecule is CCCNCc1ccc(NS(=O)(=O)NC(C)(C)C)cc1. The molecule has 0 heterocycles. The molecule has 114 valence electrons. The zero-order valence-electron chi connectivity index (χ0n) is 12.7. The second kappa shape index (κ2) is 7.06. The molecule has 1 aromatic carbocycles. The molecule has 0 unspecified atom stereocenters. The molecule has 0 saturated heterocycles. The van der Waals surface area contributed by atoms with Crippen LogP contribution in [0.25, 0.3) is 0 Å². The van der Waals surface area contributed by atoms with E-state index in [0.29, 0.717) is 5.69 Å². The van der Waals surface area contributed by atoms with Gasteiger partial charge in [0.1, 0.15) is 0 Å². The molecule has 0 aliphatic heterocycles. The Morgan fingerprint density at radius 1 is 1.10 bits per heavy atom. The Balaban J connectivity index is 2.61. The number of benzene rings is 1. The minimum Gasteiger partial charge on any atom is -0.313 e. The highest BCUT2D eigenvalue weighted by Crippen LogP contribution is 2.12. The minimum absolute atomic E-state index is 0.504. The quantitative estimate of drug-likeness (QED) is 0.676. The van der Waals surface area contributed by atoms with Crippen molar-refractivity contribution in [1.82, 2.24) is 10.0 Å². The highest BCUT2D eigenvalue weighted by molar-refractivity contribution is 7.90. The van der Waals surface area contributed by atoms with E-state index >= 15 is 0 Å². The van der Waals surface area contributed by atoms with Gasteiger partial charge in [-0.2, -0.15) is 13.1 Å². The summed E-state index contributed by atoms with van der Waals surface area (Å²) in [6, 6.07) is 7.37. The van der Waals surface area contributed by atoms with E-state index in [4.69, 9.17) is 0 Å². The van der Waals surface area contributed by atoms with E-state index < -0.39 is 15.7 Å². The summed E-state index contributed by atoms with van der Waals surface area (Å²) in [6.45, 7) is 9.29. The van der Waals surface area contributed by atoms with Gasteiger partial charge in [-0.3, -0.25) is 4.72 Å². The van der Waals surface area contributed by atoms with Gasteiger partial charge in [-0.15, -0.1) is 0 Å². The third-order valence-corrected chi connectivity index (χ3v) is 3.79. The first-order chi connectivity index (χ1) is 9.22. The maximum Gasteiger partial charge on any atom is 0.299 e. The summed E-state index contributed by atoms with van der Waals surface area (Å²) < 4.78 is 28.8. The normalized spacial score (nSPS) is 12.4. The van der Waals surface area contributed by atoms with Crippen LogP contribution in [0, 0.1) is 0 Å². The summed E-state index contributed by atoms with van der Waals surface area (Å²) in [5.74, 6) is 0. The monoisotopic (exact) mass is 299 g/mol. The van der Waals surface area contributed by atoms with Crippen LogP contribution in [0.3, 0.4) is 0 Å². The van der Waals surface area contributed by atoms with Crippen molar-refractivity contribution in [1.29, 1.82) is 0 Å². The lowest BCUT2D eigenvalue weighted by Crippen LogP contribution is -2.43. The lowest BCUT2D eigenvalue weighted by molar-refractivity contribution is 0.494. The Labute approximate surface area is 122 Å². The molecule has 1 aromatic rings. The molecule has 0 saturated carbocycles. The average Bonchev–Trinajstić information content (AvgIpc) is 2.28. The molecule has 0 spiro atoms. The van der Waals surface area contributed by atoms with Crippen molar-refractivity contribution in [3.05, 3.63) is 29.8 Å². The largest absolute Gasteiger partial charge is 0.313 e. The van der Waals surface area contributed by atoms with Gasteiger partial charge >= 0.3 is 0 Å². The van der Waals surface area contributed by atoms with Crippen LogP contribution in [-0.4, -0.2) is 20.5 Å². The number of hydrogen-bond acceptors (Lipinski definition) is 3. The minimum atomic E-state index is -3.54. The molecular weight excluding hydrogens is 274 g/mol. The lowest BCUT2D eigenvalue weighted by atomic mass is 10.1. The number of hydrogen-bond donors (Lipinski definition) is 3. The number of rotatable bonds is 7. The molecule has 0 aliphatic rings. The van der Waals surface area contributed by atoms with E-state index in [-0.39, 0.29) is 0 Å². The molecule has 0 amide bonds. The predicted octanol–water partition coefficient (Wildman–Crippen LogP) is 2.23. The van der Waals surface area contributed by atoms with E-state index in [1.807, 2.05) is 12.1 Å². The van der Waals surface area contributed by atoms with Crippen LogP contribution in [0.5, 0.6) is 0 Å². The van der Waals surface area contributed by atoms with E-state index in [1.165, 1.54) is 0 Å². The molecule has 20 heavy (non-hydrogen) atoms. The number of nitrogens with one attached hydrogen (secondary N) is 3. The fourth-order valence-corrected chi connectivity index (χ4v) is 2.99. The first-order valence-corrected chi connectivity index (χ1v) is 8.31. The zero-order chi connectivity index (χ0) is 15.2. The van der Waals surface area contributed by atoms with Crippen LogP contribution < -0.4 is 14.8 Å². The van der Waals surface area contributed by atoms with E-state index in [9.17, 15) is 8.42 Å². The lowest BCUT2D eigenvalue weighted by Gasteiger charge is -2.20. The van der Waals surface area contributed by atoms with Crippen LogP contribution in [0.15, 0.2) is 24.3 Å². The summed E-state index contributed by atoms with van der Waals surface area (Å²) in [4.78, 5) is 0. The molecule has 5 nitrogen and oxygen atoms in total. The maximum absolute atomic E-state index is 11.9. The summed E-state index contributed by atoms with van der Waals surface area (Å²) in [6.07, 6.45) is 1.09. The van der Waals surface area contributed by atoms with Gasteiger partial charge in [0.05, 0.1) is 0 Å². The first kappa shape index (κ1) is 16.9. The van der Waals surface area contributed by atoms with Crippen molar-refractivity contribution in [2.75, 3.05) is 11.3 Å². The van der Waals surface area contributed by atoms with Crippen LogP contribution in [0.4, 0.5) is 5.69 Å². The number of anilines is 1. The van der Waals surface area contributed by atoms with Crippen LogP contribution in [0.1, 0.15) is 39.7 Å². The summed E-state index contributed by atoms with van der Waals surface area (Å²) in [7, 11) is -3.54. The van der Waals surface area contributed by atoms with Crippen LogP contribution in [-0.2, 0) is 16.8 Å². The van der Waals surface area contributed by atoms with Gasteiger partial charge in [0, 0.05) is 17.8 Å². The van der Waals surface area contributed by atoms with Gasteiger partial charge in [0.2, 0.25) is 0 Å². The van der Waals surface area contributed by atoms with E-state index in [2.05, 4.69) is 21.7 Å². The van der Waals surface area contributed by atoms with Crippen molar-refractivity contribution in [3.63, 3.8) is 0 Å². The van der Waals surface area contributed by atoms with Crippen molar-refractivity contribution in [2.45, 2.75) is 46.2 Å². The van der Waals surface area contributed by atoms with Crippen molar-refractivity contribution >= 4 is 15.9 Å². The second-order valence-corrected chi connectivity index (χ2v) is 7.25. The fraction of sp³-hybridized carbons (Fsp3) is 0.571. The second-order valence-electron chi connectivity index (χ2n) is 5.83. The average molecular weight is 299 g/mol. The Hall–Kier alpha value is -1.11. The van der Waals surface area contributed by atoms with Gasteiger partial charge in [0.15, 0.2) is 0 Å². The third kappa shape index (κ3) is 6.88. The van der Waals surface area contributed by atoms with Crippen LogP contribution in [0.2, 0.25) is 0 Å². The molecule has 0 fully saturated rings. The molecule has 6 heteroatoms. The van der Waals surface area contributed by atoms with Crippen LogP contribution >= 0.6 is 0 Å². The Morgan fingerprint density at radius 3 is 2.20 bits per heavy atom. The Bertz CT molecular complexity index is 504. The zero-order valence-corrected chi connectivity index (χ0v) is 13.5. The molecule has 1 rings (SSSR count). The highest BCUT2D eigenvalue weighted by atomic mass is 32.2. The van der Waals surface area contributed by atoms with Crippen molar-refractivity contribution < 1.29 is 8.42 Å². The molecular formula is C14H25N3O2S. The molecule has 0 radical (unpaired) electrons. The molecule has 0 aromatic heterocycles. The predicted molar refractivity (Wildman–Crippen MR) is 83.9 cm³/mol. The maximum atomic E-state index is 11.9. The Kier molecular flexibility index (Phi) is 5.98.